The number of thiophene rings is 2. The molecule has 0 aliphatic rings. The van der Waals surface area contributed by atoms with Crippen molar-refractivity contribution in [3.8, 4) is 0 Å². The molecule has 11 heteroatoms. The van der Waals surface area contributed by atoms with Crippen LogP contribution in [0, 0.1) is 0 Å². The summed E-state index contributed by atoms with van der Waals surface area (Å²) in [5.74, 6) is -1.88. The van der Waals surface area contributed by atoms with Gasteiger partial charge in [0.25, 0.3) is 11.6 Å². The predicted octanol–water partition coefficient (Wildman–Crippen LogP) is 0.555. The topological polar surface area (TPSA) is 142 Å². The first kappa shape index (κ1) is 29.2. The maximum absolute atomic E-state index is 11.7. The van der Waals surface area contributed by atoms with E-state index in [-0.39, 0.29) is 39.5 Å². The molecule has 0 spiro atoms. The first-order chi connectivity index (χ1) is 17.4. The molecule has 0 fully saturated rings. The van der Waals surface area contributed by atoms with E-state index in [0.29, 0.717) is 21.1 Å². The van der Waals surface area contributed by atoms with E-state index in [0.717, 1.165) is 0 Å². The zero-order valence-corrected chi connectivity index (χ0v) is 21.7. The summed E-state index contributed by atoms with van der Waals surface area (Å²) in [4.78, 5) is 52.4. The van der Waals surface area contributed by atoms with E-state index in [9.17, 15) is 19.2 Å². The number of para-hydroxylation sites is 2. The van der Waals surface area contributed by atoms with Gasteiger partial charge in [-0.3, -0.25) is 9.59 Å². The normalized spacial score (nSPS) is 10.4. The molecule has 0 aliphatic heterocycles. The zero-order valence-electron chi connectivity index (χ0n) is 19.0. The molecule has 2 heterocycles. The van der Waals surface area contributed by atoms with Gasteiger partial charge < -0.3 is 10.2 Å². The third-order valence-corrected chi connectivity index (χ3v) is 6.36. The summed E-state index contributed by atoms with van der Waals surface area (Å²) in [6.45, 7) is 0. The maximum Gasteiger partial charge on any atom is 2.00 e. The number of hydrogen-bond donors (Lipinski definition) is 2. The SMILES string of the molecule is O=C(C=[NH+]c1ccccc1C(=O)[OH2+])c1cccs1.O=C(C=[NH+]c1ccccc1C(=O)[OH2+])c1cccs1.[Co+2]. The Balaban J connectivity index is 0.000000253. The van der Waals surface area contributed by atoms with Crippen molar-refractivity contribution in [1.82, 2.24) is 0 Å². The molecule has 187 valence electrons. The molecule has 0 saturated heterocycles. The van der Waals surface area contributed by atoms with E-state index >= 15 is 0 Å². The van der Waals surface area contributed by atoms with Crippen LogP contribution in [-0.4, -0.2) is 46.1 Å². The van der Waals surface area contributed by atoms with Crippen LogP contribution in [0.3, 0.4) is 0 Å². The Bertz CT molecular complexity index is 1320. The molecule has 2 aromatic heterocycles. The Morgan fingerprint density at radius 3 is 1.30 bits per heavy atom. The van der Waals surface area contributed by atoms with E-state index in [1.54, 1.807) is 72.8 Å². The van der Waals surface area contributed by atoms with Gasteiger partial charge in [0, 0.05) is 21.7 Å². The van der Waals surface area contributed by atoms with Crippen molar-refractivity contribution >= 4 is 70.0 Å². The summed E-state index contributed by atoms with van der Waals surface area (Å²) in [6.07, 6.45) is 2.60. The van der Waals surface area contributed by atoms with Crippen molar-refractivity contribution in [2.75, 3.05) is 0 Å². The summed E-state index contributed by atoms with van der Waals surface area (Å²) in [7, 11) is 0. The van der Waals surface area contributed by atoms with E-state index in [4.69, 9.17) is 10.2 Å². The Hall–Kier alpha value is -4.03. The molecule has 4 rings (SSSR count). The van der Waals surface area contributed by atoms with Crippen molar-refractivity contribution in [2.24, 2.45) is 0 Å². The summed E-state index contributed by atoms with van der Waals surface area (Å²) in [6, 6.07) is 20.3. The van der Waals surface area contributed by atoms with Gasteiger partial charge in [0.1, 0.15) is 0 Å². The number of benzene rings is 2. The molecule has 0 bridgehead atoms. The molecule has 8 nitrogen and oxygen atoms in total. The van der Waals surface area contributed by atoms with E-state index in [1.165, 1.54) is 35.1 Å². The van der Waals surface area contributed by atoms with Crippen molar-refractivity contribution in [3.63, 3.8) is 0 Å². The van der Waals surface area contributed by atoms with Gasteiger partial charge in [0.05, 0.1) is 9.75 Å². The molecule has 2 aromatic carbocycles. The van der Waals surface area contributed by atoms with Gasteiger partial charge in [0.2, 0.25) is 23.8 Å². The van der Waals surface area contributed by atoms with Crippen molar-refractivity contribution in [2.45, 2.75) is 0 Å². The minimum absolute atomic E-state index is 0. The van der Waals surface area contributed by atoms with Gasteiger partial charge in [-0.25, -0.2) is 9.98 Å². The Kier molecular flexibility index (Phi) is 11.4. The fraction of sp³-hybridized carbons (Fsp3) is 0. The average Bonchev–Trinajstić information content (AvgIpc) is 3.61. The second-order valence-electron chi connectivity index (χ2n) is 7.01. The summed E-state index contributed by atoms with van der Waals surface area (Å²) >= 11 is 2.70. The molecule has 37 heavy (non-hydrogen) atoms. The fourth-order valence-electron chi connectivity index (χ4n) is 2.88. The fourth-order valence-corrected chi connectivity index (χ4v) is 4.15. The maximum atomic E-state index is 11.7. The smallest absolute Gasteiger partial charge is 0.561 e. The van der Waals surface area contributed by atoms with Crippen molar-refractivity contribution in [1.29, 1.82) is 0 Å². The standard InChI is InChI=1S/2C13H9NO3S.Co/c2*15-11(12-6-3-7-18-12)8-14-10-5-2-1-4-9(10)13(16)17;/h2*1-8H,(H,16,17);/q;;+2/p+4. The number of rotatable bonds is 8. The monoisotopic (exact) mass is 581 g/mol. The zero-order chi connectivity index (χ0) is 25.9. The number of ketones is 2. The largest absolute Gasteiger partial charge is 2.00 e. The molecule has 6 N–H and O–H groups in total. The van der Waals surface area contributed by atoms with Crippen LogP contribution in [0.25, 0.3) is 0 Å². The molecule has 0 saturated carbocycles. The number of carbonyl (C=O) groups excluding carboxylic acids is 4. The summed E-state index contributed by atoms with van der Waals surface area (Å²) < 4.78 is 0. The molecule has 4 aromatic rings. The van der Waals surface area contributed by atoms with Crippen LogP contribution in [0.1, 0.15) is 40.1 Å². The van der Waals surface area contributed by atoms with E-state index in [2.05, 4.69) is 9.98 Å². The first-order valence-corrected chi connectivity index (χ1v) is 12.2. The Labute approximate surface area is 229 Å². The van der Waals surface area contributed by atoms with Crippen LogP contribution in [0.2, 0.25) is 0 Å². The van der Waals surface area contributed by atoms with Gasteiger partial charge in [-0.05, 0) is 35.0 Å². The molecular formula is C26H22CoN2O6S2+6. The molecular weight excluding hydrogens is 559 g/mol. The first-order valence-electron chi connectivity index (χ1n) is 10.4. The molecule has 0 aliphatic carbocycles. The Morgan fingerprint density at radius 1 is 0.595 bits per heavy atom. The minimum Gasteiger partial charge on any atom is -0.561 e. The van der Waals surface area contributed by atoms with Gasteiger partial charge in [-0.15, -0.1) is 22.7 Å². The summed E-state index contributed by atoms with van der Waals surface area (Å²) in [5.41, 5.74) is 1.41. The van der Waals surface area contributed by atoms with Crippen molar-refractivity contribution in [3.05, 3.63) is 104 Å². The molecule has 1 radical (unpaired) electrons. The van der Waals surface area contributed by atoms with Crippen LogP contribution < -0.4 is 9.98 Å². The number of hydrogen-bond acceptors (Lipinski definition) is 6. The number of carbonyl (C=O) groups is 4. The minimum atomic E-state index is -0.782. The van der Waals surface area contributed by atoms with Gasteiger partial charge in [-0.2, -0.15) is 0 Å². The third-order valence-electron chi connectivity index (χ3n) is 4.59. The van der Waals surface area contributed by atoms with Crippen LogP contribution >= 0.6 is 22.7 Å². The number of Topliss-reactive ketones (excluding diaryl/α,β-unsaturated/α-hetero) is 2. The second kappa shape index (κ2) is 14.5. The third kappa shape index (κ3) is 8.54. The predicted molar refractivity (Wildman–Crippen MR) is 139 cm³/mol. The van der Waals surface area contributed by atoms with Gasteiger partial charge in [0.15, 0.2) is 11.1 Å². The van der Waals surface area contributed by atoms with E-state index < -0.39 is 11.9 Å². The molecule has 0 amide bonds. The quantitative estimate of drug-likeness (QED) is 0.178. The van der Waals surface area contributed by atoms with Crippen LogP contribution in [0.15, 0.2) is 83.6 Å². The van der Waals surface area contributed by atoms with Gasteiger partial charge >= 0.3 is 28.7 Å². The average molecular weight is 582 g/mol. The second-order valence-corrected chi connectivity index (χ2v) is 8.91. The Morgan fingerprint density at radius 2 is 0.973 bits per heavy atom. The molecule has 0 atom stereocenters. The van der Waals surface area contributed by atoms with Gasteiger partial charge in [-0.1, -0.05) is 36.4 Å². The van der Waals surface area contributed by atoms with Crippen LogP contribution in [0.5, 0.6) is 0 Å². The van der Waals surface area contributed by atoms with Crippen LogP contribution in [0.4, 0.5) is 11.4 Å². The van der Waals surface area contributed by atoms with Crippen molar-refractivity contribution < 1.29 is 56.2 Å². The molecule has 0 unspecified atom stereocenters. The summed E-state index contributed by atoms with van der Waals surface area (Å²) in [5, 5.41) is 17.9. The van der Waals surface area contributed by atoms with Crippen LogP contribution in [-0.2, 0) is 16.8 Å². The van der Waals surface area contributed by atoms with E-state index in [1.807, 2.05) is 10.8 Å². The number of nitrogens with one attached hydrogen (secondary N) is 2.